The number of benzene rings is 2. The van der Waals surface area contributed by atoms with Crippen molar-refractivity contribution in [1.29, 1.82) is 5.41 Å². The third kappa shape index (κ3) is 1.90. The number of rotatable bonds is 2. The Labute approximate surface area is 123 Å². The highest BCUT2D eigenvalue weighted by Crippen LogP contribution is 2.44. The van der Waals surface area contributed by atoms with Gasteiger partial charge in [0.15, 0.2) is 0 Å². The molecule has 1 aliphatic rings. The summed E-state index contributed by atoms with van der Waals surface area (Å²) < 4.78 is 0. The standard InChI is InChI=1S/C16H16N4O/c1-10-19(2)13-5-3-4-6-14(13)20(10)11-7-8-15(21)12(9-11)16(17)18/h3-9,21H,1H2,2H3,(H3,17,18). The maximum atomic E-state index is 9.79. The number of hydrogen-bond donors (Lipinski definition) is 3. The summed E-state index contributed by atoms with van der Waals surface area (Å²) in [7, 11) is 1.95. The molecule has 0 radical (unpaired) electrons. The lowest BCUT2D eigenvalue weighted by molar-refractivity contribution is 0.474. The molecule has 4 N–H and O–H groups in total. The molecule has 106 valence electrons. The second-order valence-electron chi connectivity index (χ2n) is 4.91. The Bertz CT molecular complexity index is 754. The van der Waals surface area contributed by atoms with E-state index in [0.29, 0.717) is 5.56 Å². The second kappa shape index (κ2) is 4.56. The van der Waals surface area contributed by atoms with Gasteiger partial charge in [-0.3, -0.25) is 10.3 Å². The van der Waals surface area contributed by atoms with Crippen molar-refractivity contribution in [2.45, 2.75) is 0 Å². The molecule has 0 fully saturated rings. The molecule has 0 bridgehead atoms. The number of amidine groups is 1. The quantitative estimate of drug-likeness (QED) is 0.584. The third-order valence-electron chi connectivity index (χ3n) is 3.66. The van der Waals surface area contributed by atoms with Crippen molar-refractivity contribution < 1.29 is 5.11 Å². The van der Waals surface area contributed by atoms with Crippen molar-refractivity contribution in [2.75, 3.05) is 16.8 Å². The summed E-state index contributed by atoms with van der Waals surface area (Å²) in [6.45, 7) is 4.11. The molecule has 3 rings (SSSR count). The Hall–Kier alpha value is -2.95. The molecule has 21 heavy (non-hydrogen) atoms. The number of hydrogen-bond acceptors (Lipinski definition) is 4. The topological polar surface area (TPSA) is 76.6 Å². The summed E-state index contributed by atoms with van der Waals surface area (Å²) in [6, 6.07) is 13.0. The molecule has 0 spiro atoms. The van der Waals surface area contributed by atoms with Gasteiger partial charge in [0, 0.05) is 12.7 Å². The Morgan fingerprint density at radius 3 is 2.52 bits per heavy atom. The fraction of sp³-hybridized carbons (Fsp3) is 0.0625. The molecule has 5 nitrogen and oxygen atoms in total. The normalized spacial score (nSPS) is 13.5. The van der Waals surface area contributed by atoms with E-state index in [1.807, 2.05) is 41.1 Å². The van der Waals surface area contributed by atoms with Crippen LogP contribution < -0.4 is 15.5 Å². The van der Waals surface area contributed by atoms with Crippen LogP contribution in [0.25, 0.3) is 0 Å². The fourth-order valence-electron chi connectivity index (χ4n) is 2.53. The van der Waals surface area contributed by atoms with Crippen LogP contribution in [0.5, 0.6) is 5.75 Å². The molecule has 2 aromatic rings. The van der Waals surface area contributed by atoms with Crippen LogP contribution >= 0.6 is 0 Å². The third-order valence-corrected chi connectivity index (χ3v) is 3.66. The van der Waals surface area contributed by atoms with Crippen LogP contribution in [0, 0.1) is 5.41 Å². The summed E-state index contributed by atoms with van der Waals surface area (Å²) in [5.74, 6) is 0.634. The van der Waals surface area contributed by atoms with Crippen LogP contribution in [0.3, 0.4) is 0 Å². The predicted molar refractivity (Wildman–Crippen MR) is 85.2 cm³/mol. The molecule has 0 unspecified atom stereocenters. The van der Waals surface area contributed by atoms with Gasteiger partial charge in [0.2, 0.25) is 0 Å². The Morgan fingerprint density at radius 2 is 1.86 bits per heavy atom. The minimum Gasteiger partial charge on any atom is -0.507 e. The van der Waals surface area contributed by atoms with Crippen molar-refractivity contribution in [3.05, 3.63) is 60.4 Å². The maximum Gasteiger partial charge on any atom is 0.126 e. The summed E-state index contributed by atoms with van der Waals surface area (Å²) in [6.07, 6.45) is 0. The molecule has 0 saturated heterocycles. The van der Waals surface area contributed by atoms with E-state index in [4.69, 9.17) is 11.1 Å². The number of phenolic OH excluding ortho intramolecular Hbond substituents is 1. The molecule has 0 aliphatic carbocycles. The second-order valence-corrected chi connectivity index (χ2v) is 4.91. The SMILES string of the molecule is C=C1N(C)c2ccccc2N1c1ccc(O)c(C(=N)N)c1. The van der Waals surface area contributed by atoms with Gasteiger partial charge >= 0.3 is 0 Å². The number of para-hydroxylation sites is 2. The van der Waals surface area contributed by atoms with E-state index < -0.39 is 0 Å². The van der Waals surface area contributed by atoms with Gasteiger partial charge in [0.1, 0.15) is 17.4 Å². The summed E-state index contributed by atoms with van der Waals surface area (Å²) in [5.41, 5.74) is 8.69. The van der Waals surface area contributed by atoms with E-state index in [9.17, 15) is 5.11 Å². The van der Waals surface area contributed by atoms with E-state index in [1.165, 1.54) is 0 Å². The highest BCUT2D eigenvalue weighted by molar-refractivity contribution is 5.99. The van der Waals surface area contributed by atoms with E-state index in [1.54, 1.807) is 18.2 Å². The lowest BCUT2D eigenvalue weighted by Crippen LogP contribution is -2.21. The fourth-order valence-corrected chi connectivity index (χ4v) is 2.53. The maximum absolute atomic E-state index is 9.79. The average molecular weight is 280 g/mol. The van der Waals surface area contributed by atoms with Gasteiger partial charge in [-0.2, -0.15) is 0 Å². The summed E-state index contributed by atoms with van der Waals surface area (Å²) in [5, 5.41) is 17.3. The first-order valence-corrected chi connectivity index (χ1v) is 6.50. The number of aromatic hydroxyl groups is 1. The number of nitrogens with zero attached hydrogens (tertiary/aromatic N) is 2. The lowest BCUT2D eigenvalue weighted by atomic mass is 10.1. The van der Waals surface area contributed by atoms with Gasteiger partial charge < -0.3 is 15.7 Å². The van der Waals surface area contributed by atoms with Gasteiger partial charge in [-0.1, -0.05) is 18.7 Å². The van der Waals surface area contributed by atoms with E-state index in [-0.39, 0.29) is 11.6 Å². The Kier molecular flexibility index (Phi) is 2.83. The zero-order chi connectivity index (χ0) is 15.1. The first-order valence-electron chi connectivity index (χ1n) is 6.50. The van der Waals surface area contributed by atoms with Crippen LogP contribution in [0.2, 0.25) is 0 Å². The highest BCUT2D eigenvalue weighted by atomic mass is 16.3. The van der Waals surface area contributed by atoms with Gasteiger partial charge in [-0.15, -0.1) is 0 Å². The van der Waals surface area contributed by atoms with Gasteiger partial charge in [-0.05, 0) is 30.3 Å². The molecule has 2 aromatic carbocycles. The van der Waals surface area contributed by atoms with Gasteiger partial charge in [0.25, 0.3) is 0 Å². The number of phenols is 1. The smallest absolute Gasteiger partial charge is 0.126 e. The molecular weight excluding hydrogens is 264 g/mol. The number of nitrogens with one attached hydrogen (secondary N) is 1. The number of anilines is 3. The molecule has 0 atom stereocenters. The molecule has 1 aliphatic heterocycles. The van der Waals surface area contributed by atoms with E-state index in [2.05, 4.69) is 6.58 Å². The first-order chi connectivity index (χ1) is 10.0. The van der Waals surface area contributed by atoms with Crippen molar-refractivity contribution in [1.82, 2.24) is 0 Å². The predicted octanol–water partition coefficient (Wildman–Crippen LogP) is 2.74. The zero-order valence-electron chi connectivity index (χ0n) is 11.7. The number of nitrogens with two attached hydrogens (primary N) is 1. The van der Waals surface area contributed by atoms with Crippen LogP contribution in [0.15, 0.2) is 54.9 Å². The summed E-state index contributed by atoms with van der Waals surface area (Å²) >= 11 is 0. The minimum absolute atomic E-state index is 0.00213. The molecule has 5 heteroatoms. The van der Waals surface area contributed by atoms with Crippen LogP contribution in [0.4, 0.5) is 17.1 Å². The zero-order valence-corrected chi connectivity index (χ0v) is 11.7. The number of nitrogen functional groups attached to an aromatic ring is 1. The van der Waals surface area contributed by atoms with Crippen molar-refractivity contribution >= 4 is 22.9 Å². The van der Waals surface area contributed by atoms with Gasteiger partial charge in [-0.25, -0.2) is 0 Å². The minimum atomic E-state index is -0.166. The summed E-state index contributed by atoms with van der Waals surface area (Å²) in [4.78, 5) is 3.97. The monoisotopic (exact) mass is 280 g/mol. The largest absolute Gasteiger partial charge is 0.507 e. The van der Waals surface area contributed by atoms with Crippen LogP contribution in [-0.4, -0.2) is 18.0 Å². The van der Waals surface area contributed by atoms with E-state index in [0.717, 1.165) is 22.9 Å². The van der Waals surface area contributed by atoms with Crippen LogP contribution in [-0.2, 0) is 0 Å². The van der Waals surface area contributed by atoms with Crippen LogP contribution in [0.1, 0.15) is 5.56 Å². The first kappa shape index (κ1) is 13.1. The lowest BCUT2D eigenvalue weighted by Gasteiger charge is -2.22. The molecule has 1 heterocycles. The van der Waals surface area contributed by atoms with Crippen molar-refractivity contribution in [2.24, 2.45) is 5.73 Å². The average Bonchev–Trinajstić information content (AvgIpc) is 2.72. The molecule has 0 aromatic heterocycles. The number of fused-ring (bicyclic) bond motifs is 1. The van der Waals surface area contributed by atoms with E-state index >= 15 is 0 Å². The highest BCUT2D eigenvalue weighted by Gasteiger charge is 2.28. The van der Waals surface area contributed by atoms with Crippen molar-refractivity contribution in [3.63, 3.8) is 0 Å². The Balaban J connectivity index is 2.15. The molecule has 0 amide bonds. The molecular formula is C16H16N4O. The molecule has 0 saturated carbocycles. The van der Waals surface area contributed by atoms with Crippen molar-refractivity contribution in [3.8, 4) is 5.75 Å². The van der Waals surface area contributed by atoms with Gasteiger partial charge in [0.05, 0.1) is 16.9 Å². The Morgan fingerprint density at radius 1 is 1.19 bits per heavy atom.